The number of rotatable bonds is 6. The van der Waals surface area contributed by atoms with Crippen LogP contribution < -0.4 is 14.7 Å². The molecule has 1 amide bonds. The van der Waals surface area contributed by atoms with Gasteiger partial charge >= 0.3 is 0 Å². The Hall–Kier alpha value is -3.25. The molecule has 1 N–H and O–H groups in total. The summed E-state index contributed by atoms with van der Waals surface area (Å²) < 4.78 is 0. The molecule has 0 bridgehead atoms. The Balaban J connectivity index is 1.43. The predicted molar refractivity (Wildman–Crippen MR) is 119 cm³/mol. The Labute approximate surface area is 177 Å². The van der Waals surface area contributed by atoms with Crippen LogP contribution in [0.3, 0.4) is 0 Å². The standard InChI is InChI=1S/C24H27N5O/c1-20-7-5-10-22(17-20)29(18-21-8-3-2-4-9-21)23(30)19-27-13-15-28(16-14-27)24-25-11-6-12-26-24/h2-12,17H,13-16,18-19H2,1H3/p+1. The zero-order chi connectivity index (χ0) is 20.8. The lowest BCUT2D eigenvalue weighted by Gasteiger charge is -2.33. The monoisotopic (exact) mass is 402 g/mol. The molecule has 1 fully saturated rings. The molecular weight excluding hydrogens is 374 g/mol. The number of piperazine rings is 1. The van der Waals surface area contributed by atoms with Gasteiger partial charge in [-0.15, -0.1) is 0 Å². The van der Waals surface area contributed by atoms with Crippen LogP contribution in [0.5, 0.6) is 0 Å². The van der Waals surface area contributed by atoms with Gasteiger partial charge in [-0.2, -0.15) is 0 Å². The van der Waals surface area contributed by atoms with Gasteiger partial charge in [0, 0.05) is 18.1 Å². The third-order valence-corrected chi connectivity index (χ3v) is 5.50. The van der Waals surface area contributed by atoms with Crippen molar-refractivity contribution in [3.05, 3.63) is 84.2 Å². The van der Waals surface area contributed by atoms with E-state index in [1.165, 1.54) is 4.90 Å². The van der Waals surface area contributed by atoms with E-state index in [9.17, 15) is 4.79 Å². The Morgan fingerprint density at radius 2 is 1.73 bits per heavy atom. The highest BCUT2D eigenvalue weighted by Gasteiger charge is 2.26. The SMILES string of the molecule is Cc1cccc(N(Cc2ccccc2)C(=O)C[NH+]2CCN(c3ncccn3)CC2)c1. The minimum atomic E-state index is 0.156. The summed E-state index contributed by atoms with van der Waals surface area (Å²) in [5.41, 5.74) is 3.25. The normalized spacial score (nSPS) is 14.5. The minimum Gasteiger partial charge on any atom is -0.330 e. The smallest absolute Gasteiger partial charge is 0.282 e. The Morgan fingerprint density at radius 3 is 2.43 bits per heavy atom. The molecule has 6 heteroatoms. The largest absolute Gasteiger partial charge is 0.330 e. The minimum absolute atomic E-state index is 0.156. The zero-order valence-corrected chi connectivity index (χ0v) is 17.4. The molecule has 1 aliphatic heterocycles. The first-order chi connectivity index (χ1) is 14.7. The van der Waals surface area contributed by atoms with Crippen LogP contribution >= 0.6 is 0 Å². The van der Waals surface area contributed by atoms with Crippen LogP contribution in [-0.2, 0) is 11.3 Å². The fourth-order valence-electron chi connectivity index (χ4n) is 3.85. The number of amides is 1. The number of carbonyl (C=O) groups excluding carboxylic acids is 1. The number of benzene rings is 2. The van der Waals surface area contributed by atoms with Crippen LogP contribution in [0, 0.1) is 6.92 Å². The molecule has 0 saturated carbocycles. The van der Waals surface area contributed by atoms with Gasteiger partial charge in [0.1, 0.15) is 0 Å². The molecule has 2 heterocycles. The molecular formula is C24H28N5O+. The lowest BCUT2D eigenvalue weighted by Crippen LogP contribution is -3.16. The van der Waals surface area contributed by atoms with Crippen LogP contribution in [0.15, 0.2) is 73.1 Å². The van der Waals surface area contributed by atoms with E-state index < -0.39 is 0 Å². The van der Waals surface area contributed by atoms with Crippen molar-refractivity contribution in [3.8, 4) is 0 Å². The molecule has 0 aliphatic carbocycles. The first-order valence-electron chi connectivity index (χ1n) is 10.5. The molecule has 0 radical (unpaired) electrons. The summed E-state index contributed by atoms with van der Waals surface area (Å²) >= 11 is 0. The van der Waals surface area contributed by atoms with Crippen LogP contribution in [0.25, 0.3) is 0 Å². The van der Waals surface area contributed by atoms with E-state index in [-0.39, 0.29) is 5.91 Å². The van der Waals surface area contributed by atoms with Gasteiger partial charge in [0.2, 0.25) is 5.95 Å². The van der Waals surface area contributed by atoms with Gasteiger partial charge in [-0.3, -0.25) is 4.79 Å². The molecule has 1 aromatic heterocycles. The van der Waals surface area contributed by atoms with Gasteiger partial charge in [0.05, 0.1) is 32.7 Å². The molecule has 0 unspecified atom stereocenters. The number of aromatic nitrogens is 2. The summed E-state index contributed by atoms with van der Waals surface area (Å²) in [6.07, 6.45) is 3.54. The Morgan fingerprint density at radius 1 is 1.00 bits per heavy atom. The maximum atomic E-state index is 13.3. The number of aryl methyl sites for hydroxylation is 1. The molecule has 0 atom stereocenters. The number of nitrogens with one attached hydrogen (secondary N) is 1. The lowest BCUT2D eigenvalue weighted by molar-refractivity contribution is -0.892. The van der Waals surface area contributed by atoms with Crippen LogP contribution in [0.1, 0.15) is 11.1 Å². The molecule has 6 nitrogen and oxygen atoms in total. The van der Waals surface area contributed by atoms with Gasteiger partial charge in [-0.25, -0.2) is 9.97 Å². The number of anilines is 2. The molecule has 3 aromatic rings. The van der Waals surface area contributed by atoms with Crippen molar-refractivity contribution < 1.29 is 9.69 Å². The molecule has 2 aromatic carbocycles. The van der Waals surface area contributed by atoms with Gasteiger partial charge in [-0.05, 0) is 36.2 Å². The highest BCUT2D eigenvalue weighted by atomic mass is 16.2. The summed E-state index contributed by atoms with van der Waals surface area (Å²) in [7, 11) is 0. The van der Waals surface area contributed by atoms with Crippen molar-refractivity contribution in [1.82, 2.24) is 9.97 Å². The fourth-order valence-corrected chi connectivity index (χ4v) is 3.85. The summed E-state index contributed by atoms with van der Waals surface area (Å²) in [4.78, 5) is 27.4. The predicted octanol–water partition coefficient (Wildman–Crippen LogP) is 1.72. The molecule has 1 aliphatic rings. The van der Waals surface area contributed by atoms with E-state index in [1.54, 1.807) is 12.4 Å². The highest BCUT2D eigenvalue weighted by molar-refractivity contribution is 5.94. The third kappa shape index (κ3) is 5.02. The lowest BCUT2D eigenvalue weighted by atomic mass is 10.1. The van der Waals surface area contributed by atoms with Crippen molar-refractivity contribution in [2.45, 2.75) is 13.5 Å². The summed E-state index contributed by atoms with van der Waals surface area (Å²) in [6, 6.07) is 20.2. The first-order valence-corrected chi connectivity index (χ1v) is 10.5. The van der Waals surface area contributed by atoms with Crippen molar-refractivity contribution >= 4 is 17.5 Å². The Kier molecular flexibility index (Phi) is 6.35. The summed E-state index contributed by atoms with van der Waals surface area (Å²) in [5, 5.41) is 0. The Bertz CT molecular complexity index is 956. The third-order valence-electron chi connectivity index (χ3n) is 5.50. The molecule has 30 heavy (non-hydrogen) atoms. The van der Waals surface area contributed by atoms with E-state index in [2.05, 4.69) is 46.1 Å². The molecule has 4 rings (SSSR count). The van der Waals surface area contributed by atoms with E-state index in [1.807, 2.05) is 41.3 Å². The fraction of sp³-hybridized carbons (Fsp3) is 0.292. The van der Waals surface area contributed by atoms with Gasteiger partial charge in [0.15, 0.2) is 6.54 Å². The van der Waals surface area contributed by atoms with Crippen molar-refractivity contribution in [1.29, 1.82) is 0 Å². The maximum absolute atomic E-state index is 13.3. The van der Waals surface area contributed by atoms with Crippen molar-refractivity contribution in [3.63, 3.8) is 0 Å². The average molecular weight is 403 g/mol. The zero-order valence-electron chi connectivity index (χ0n) is 17.4. The van der Waals surface area contributed by atoms with Gasteiger partial charge in [0.25, 0.3) is 5.91 Å². The summed E-state index contributed by atoms with van der Waals surface area (Å²) in [5.74, 6) is 0.928. The highest BCUT2D eigenvalue weighted by Crippen LogP contribution is 2.19. The van der Waals surface area contributed by atoms with E-state index in [0.29, 0.717) is 13.1 Å². The average Bonchev–Trinajstić information content (AvgIpc) is 2.79. The number of carbonyl (C=O) groups is 1. The van der Waals surface area contributed by atoms with Crippen molar-refractivity contribution in [2.24, 2.45) is 0 Å². The second-order valence-electron chi connectivity index (χ2n) is 7.77. The topological polar surface area (TPSA) is 53.8 Å². The maximum Gasteiger partial charge on any atom is 0.282 e. The number of nitrogens with zero attached hydrogens (tertiary/aromatic N) is 4. The summed E-state index contributed by atoms with van der Waals surface area (Å²) in [6.45, 7) is 6.65. The van der Waals surface area contributed by atoms with Crippen LogP contribution in [0.4, 0.5) is 11.6 Å². The van der Waals surface area contributed by atoms with Crippen LogP contribution in [0.2, 0.25) is 0 Å². The number of hydrogen-bond acceptors (Lipinski definition) is 4. The molecule has 154 valence electrons. The van der Waals surface area contributed by atoms with Crippen molar-refractivity contribution in [2.75, 3.05) is 42.5 Å². The van der Waals surface area contributed by atoms with E-state index in [4.69, 9.17) is 0 Å². The molecule has 1 saturated heterocycles. The first kappa shape index (κ1) is 20.0. The van der Waals surface area contributed by atoms with Gasteiger partial charge < -0.3 is 14.7 Å². The molecule has 0 spiro atoms. The van der Waals surface area contributed by atoms with E-state index in [0.717, 1.165) is 48.9 Å². The van der Waals surface area contributed by atoms with Gasteiger partial charge in [-0.1, -0.05) is 42.5 Å². The number of quaternary nitrogens is 1. The number of hydrogen-bond donors (Lipinski definition) is 1. The quantitative estimate of drug-likeness (QED) is 0.682. The van der Waals surface area contributed by atoms with E-state index >= 15 is 0 Å². The van der Waals surface area contributed by atoms with Crippen LogP contribution in [-0.4, -0.2) is 48.6 Å². The second-order valence-corrected chi connectivity index (χ2v) is 7.77. The second kappa shape index (κ2) is 9.50.